The summed E-state index contributed by atoms with van der Waals surface area (Å²) in [4.78, 5) is 54.8. The van der Waals surface area contributed by atoms with Gasteiger partial charge in [0.25, 0.3) is 0 Å². The molecule has 12 heteroatoms. The van der Waals surface area contributed by atoms with Crippen LogP contribution in [0.5, 0.6) is 5.75 Å². The van der Waals surface area contributed by atoms with Gasteiger partial charge >= 0.3 is 4.87 Å². The van der Waals surface area contributed by atoms with E-state index < -0.39 is 51.3 Å². The topological polar surface area (TPSA) is 97.7 Å². The quantitative estimate of drug-likeness (QED) is 0.328. The molecule has 41 heavy (non-hydrogen) atoms. The van der Waals surface area contributed by atoms with Crippen molar-refractivity contribution in [3.05, 3.63) is 105 Å². The van der Waals surface area contributed by atoms with Crippen LogP contribution >= 0.6 is 23.1 Å². The fourth-order valence-electron chi connectivity index (χ4n) is 5.15. The Labute approximate surface area is 240 Å². The smallest absolute Gasteiger partial charge is 0.308 e. The van der Waals surface area contributed by atoms with E-state index in [4.69, 9.17) is 4.74 Å². The first kappa shape index (κ1) is 26.9. The average molecular weight is 594 g/mol. The van der Waals surface area contributed by atoms with Crippen LogP contribution in [0.15, 0.2) is 82.6 Å². The summed E-state index contributed by atoms with van der Waals surface area (Å²) in [5.41, 5.74) is 1.30. The molecule has 3 heterocycles. The summed E-state index contributed by atoms with van der Waals surface area (Å²) in [5, 5.41) is 2.24. The summed E-state index contributed by atoms with van der Waals surface area (Å²) < 4.78 is 33.9. The van der Waals surface area contributed by atoms with E-state index in [0.717, 1.165) is 28.0 Å². The molecule has 3 atom stereocenters. The monoisotopic (exact) mass is 593 g/mol. The van der Waals surface area contributed by atoms with Gasteiger partial charge in [-0.3, -0.25) is 23.7 Å². The molecule has 0 aliphatic carbocycles. The molecule has 1 aromatic heterocycles. The molecule has 4 aromatic rings. The van der Waals surface area contributed by atoms with Gasteiger partial charge in [-0.05, 0) is 66.2 Å². The van der Waals surface area contributed by atoms with Gasteiger partial charge in [0, 0.05) is 16.5 Å². The molecule has 3 amide bonds. The third-order valence-corrected chi connectivity index (χ3v) is 9.64. The van der Waals surface area contributed by atoms with Gasteiger partial charge in [-0.15, -0.1) is 0 Å². The average Bonchev–Trinajstić information content (AvgIpc) is 3.40. The summed E-state index contributed by atoms with van der Waals surface area (Å²) in [6.07, 6.45) is 0. The van der Waals surface area contributed by atoms with Gasteiger partial charge in [-0.2, -0.15) is 0 Å². The maximum absolute atomic E-state index is 13.8. The number of nitrogens with one attached hydrogen (secondary N) is 1. The van der Waals surface area contributed by atoms with E-state index in [9.17, 15) is 28.0 Å². The summed E-state index contributed by atoms with van der Waals surface area (Å²) >= 11 is 1.95. The summed E-state index contributed by atoms with van der Waals surface area (Å²) in [5.74, 6) is -3.46. The number of imide groups is 1. The van der Waals surface area contributed by atoms with Gasteiger partial charge in [0.05, 0.1) is 23.7 Å². The second-order valence-electron chi connectivity index (χ2n) is 9.48. The van der Waals surface area contributed by atoms with Gasteiger partial charge in [-0.25, -0.2) is 13.7 Å². The number of amides is 3. The maximum atomic E-state index is 13.8. The third-order valence-electron chi connectivity index (χ3n) is 7.04. The number of fused-ring (bicyclic) bond motifs is 2. The number of ether oxygens (including phenoxy) is 1. The molecule has 8 nitrogen and oxygen atoms in total. The van der Waals surface area contributed by atoms with Crippen molar-refractivity contribution < 1.29 is 27.9 Å². The van der Waals surface area contributed by atoms with Crippen LogP contribution in [0, 0.1) is 17.6 Å². The number of benzene rings is 3. The van der Waals surface area contributed by atoms with Crippen LogP contribution in [0.4, 0.5) is 20.2 Å². The number of rotatable bonds is 6. The maximum Gasteiger partial charge on any atom is 0.308 e. The molecule has 0 saturated carbocycles. The highest BCUT2D eigenvalue weighted by atomic mass is 32.2. The Hall–Kier alpha value is -4.29. The Kier molecular flexibility index (Phi) is 6.96. The molecule has 1 saturated heterocycles. The Morgan fingerprint density at radius 2 is 1.54 bits per heavy atom. The van der Waals surface area contributed by atoms with Gasteiger partial charge in [0.15, 0.2) is 0 Å². The highest BCUT2D eigenvalue weighted by molar-refractivity contribution is 8.00. The van der Waals surface area contributed by atoms with E-state index in [-0.39, 0.29) is 12.2 Å². The van der Waals surface area contributed by atoms with Crippen molar-refractivity contribution in [2.45, 2.75) is 22.7 Å². The number of thiazole rings is 1. The summed E-state index contributed by atoms with van der Waals surface area (Å²) in [7, 11) is 1.53. The van der Waals surface area contributed by atoms with Crippen molar-refractivity contribution in [3.8, 4) is 5.75 Å². The van der Waals surface area contributed by atoms with E-state index in [0.29, 0.717) is 26.9 Å². The van der Waals surface area contributed by atoms with E-state index in [1.54, 1.807) is 24.3 Å². The Bertz CT molecular complexity index is 1720. The predicted molar refractivity (Wildman–Crippen MR) is 150 cm³/mol. The standard InChI is InChI=1S/C29H21F2N3O5S2/c1-39-20-12-8-18(9-13-20)32-21(35)14-33-28-25(41-29(33)38)22(15-2-4-16(30)5-3-15)23-24(40-28)27(37)34(26(23)36)19-10-6-17(31)7-11-19/h2-13,22-24H,14H2,1H3,(H,32,35)/t22-,23?,24?/m1/s1. The summed E-state index contributed by atoms with van der Waals surface area (Å²) in [6.45, 7) is -0.318. The number of carbonyl (C=O) groups excluding carboxylic acids is 3. The number of aromatic nitrogens is 1. The van der Waals surface area contributed by atoms with Crippen LogP contribution in [-0.4, -0.2) is 34.6 Å². The van der Waals surface area contributed by atoms with Crippen LogP contribution in [0.1, 0.15) is 16.4 Å². The number of hydrogen-bond donors (Lipinski definition) is 1. The molecule has 2 aliphatic rings. The lowest BCUT2D eigenvalue weighted by molar-refractivity contribution is -0.122. The predicted octanol–water partition coefficient (Wildman–Crippen LogP) is 4.63. The first-order valence-corrected chi connectivity index (χ1v) is 14.2. The first-order valence-electron chi connectivity index (χ1n) is 12.5. The highest BCUT2D eigenvalue weighted by Crippen LogP contribution is 2.53. The molecule has 0 spiro atoms. The molecule has 2 aliphatic heterocycles. The van der Waals surface area contributed by atoms with E-state index in [2.05, 4.69) is 5.32 Å². The van der Waals surface area contributed by atoms with Gasteiger partial charge in [0.1, 0.15) is 29.2 Å². The minimum Gasteiger partial charge on any atom is -0.497 e. The molecular formula is C29H21F2N3O5S2. The van der Waals surface area contributed by atoms with E-state index >= 15 is 0 Å². The van der Waals surface area contributed by atoms with Crippen molar-refractivity contribution in [1.29, 1.82) is 0 Å². The number of carbonyl (C=O) groups is 3. The fourth-order valence-corrected chi connectivity index (χ4v) is 7.92. The van der Waals surface area contributed by atoms with Gasteiger partial charge in [0.2, 0.25) is 17.7 Å². The number of methoxy groups -OCH3 is 1. The molecule has 1 fully saturated rings. The van der Waals surface area contributed by atoms with Crippen LogP contribution in [-0.2, 0) is 20.9 Å². The second kappa shape index (κ2) is 10.6. The fraction of sp³-hybridized carbons (Fsp3) is 0.172. The van der Waals surface area contributed by atoms with Crippen LogP contribution in [0.2, 0.25) is 0 Å². The molecule has 6 rings (SSSR count). The molecule has 0 bridgehead atoms. The van der Waals surface area contributed by atoms with Crippen molar-refractivity contribution in [3.63, 3.8) is 0 Å². The van der Waals surface area contributed by atoms with E-state index in [1.165, 1.54) is 60.2 Å². The van der Waals surface area contributed by atoms with Crippen LogP contribution in [0.25, 0.3) is 0 Å². The lowest BCUT2D eigenvalue weighted by atomic mass is 9.83. The van der Waals surface area contributed by atoms with Crippen molar-refractivity contribution in [2.24, 2.45) is 5.92 Å². The first-order chi connectivity index (χ1) is 19.7. The Morgan fingerprint density at radius 3 is 2.17 bits per heavy atom. The molecule has 3 aromatic carbocycles. The molecule has 208 valence electrons. The van der Waals surface area contributed by atoms with Crippen LogP contribution in [0.3, 0.4) is 0 Å². The second-order valence-corrected chi connectivity index (χ2v) is 11.6. The molecule has 2 unspecified atom stereocenters. The summed E-state index contributed by atoms with van der Waals surface area (Å²) in [6, 6.07) is 17.3. The molecule has 1 N–H and O–H groups in total. The van der Waals surface area contributed by atoms with Crippen molar-refractivity contribution in [2.75, 3.05) is 17.3 Å². The zero-order valence-corrected chi connectivity index (χ0v) is 23.0. The third kappa shape index (κ3) is 4.82. The van der Waals surface area contributed by atoms with Gasteiger partial charge < -0.3 is 10.1 Å². The molecule has 0 radical (unpaired) electrons. The number of anilines is 2. The Balaban J connectivity index is 1.38. The van der Waals surface area contributed by atoms with Crippen molar-refractivity contribution >= 4 is 52.2 Å². The number of thioether (sulfide) groups is 1. The minimum atomic E-state index is -0.917. The van der Waals surface area contributed by atoms with Crippen molar-refractivity contribution in [1.82, 2.24) is 4.57 Å². The number of nitrogens with zero attached hydrogens (tertiary/aromatic N) is 2. The normalized spacial score (nSPS) is 19.6. The SMILES string of the molecule is COc1ccc(NC(=O)Cn2c3c(sc2=O)[C@H](c2ccc(F)cc2)C2C(=O)N(c4ccc(F)cc4)C(=O)C2S3)cc1. The molecular weight excluding hydrogens is 572 g/mol. The lowest BCUT2D eigenvalue weighted by Crippen LogP contribution is -2.33. The Morgan fingerprint density at radius 1 is 0.902 bits per heavy atom. The highest BCUT2D eigenvalue weighted by Gasteiger charge is 2.56. The number of halogens is 2. The minimum absolute atomic E-state index is 0.230. The lowest BCUT2D eigenvalue weighted by Gasteiger charge is -2.30. The number of hydrogen-bond acceptors (Lipinski definition) is 7. The zero-order valence-electron chi connectivity index (χ0n) is 21.4. The largest absolute Gasteiger partial charge is 0.497 e. The van der Waals surface area contributed by atoms with Gasteiger partial charge in [-0.1, -0.05) is 35.2 Å². The van der Waals surface area contributed by atoms with Crippen LogP contribution < -0.4 is 19.8 Å². The zero-order chi connectivity index (χ0) is 28.8. The van der Waals surface area contributed by atoms with E-state index in [1.807, 2.05) is 0 Å².